The Balaban J connectivity index is 1.75. The molecule has 5 heteroatoms. The molecule has 0 aliphatic carbocycles. The maximum Gasteiger partial charge on any atom is 0.246 e. The summed E-state index contributed by atoms with van der Waals surface area (Å²) in [5.41, 5.74) is 3.07. The number of carbonyl (C=O) groups is 1. The molecule has 1 amide bonds. The number of nitrogens with zero attached hydrogens (tertiary/aromatic N) is 1. The van der Waals surface area contributed by atoms with Crippen molar-refractivity contribution < 1.29 is 10.0 Å². The summed E-state index contributed by atoms with van der Waals surface area (Å²) in [5.74, 6) is -0.279. The maximum absolute atomic E-state index is 11.3. The minimum Gasteiger partial charge on any atom is -0.303 e. The van der Waals surface area contributed by atoms with Gasteiger partial charge >= 0.3 is 0 Å². The van der Waals surface area contributed by atoms with E-state index in [1.54, 1.807) is 5.48 Å². The average molecular weight is 327 g/mol. The highest BCUT2D eigenvalue weighted by Crippen LogP contribution is 2.18. The summed E-state index contributed by atoms with van der Waals surface area (Å²) in [6.45, 7) is 2.86. The number of hydrogen-bond donors (Lipinski definition) is 2. The van der Waals surface area contributed by atoms with Gasteiger partial charge in [-0.15, -0.1) is 0 Å². The molecule has 1 aliphatic rings. The van der Waals surface area contributed by atoms with E-state index >= 15 is 0 Å². The third-order valence-corrected chi connectivity index (χ3v) is 4.17. The second-order valence-electron chi connectivity index (χ2n) is 4.97. The van der Waals surface area contributed by atoms with Crippen molar-refractivity contribution in [3.05, 3.63) is 34.3 Å². The number of piperidine rings is 1. The van der Waals surface area contributed by atoms with Gasteiger partial charge in [0.05, 0.1) is 0 Å². The monoisotopic (exact) mass is 326 g/mol. The molecule has 0 aromatic heterocycles. The van der Waals surface area contributed by atoms with E-state index in [1.807, 2.05) is 6.07 Å². The van der Waals surface area contributed by atoms with Crippen molar-refractivity contribution in [2.24, 2.45) is 5.92 Å². The molecule has 2 rings (SSSR count). The van der Waals surface area contributed by atoms with Crippen LogP contribution in [0.15, 0.2) is 28.7 Å². The van der Waals surface area contributed by atoms with Crippen LogP contribution in [0, 0.1) is 5.92 Å². The molecule has 1 aromatic rings. The van der Waals surface area contributed by atoms with Gasteiger partial charge in [-0.3, -0.25) is 10.0 Å². The SMILES string of the molecule is O=C(NO)C1CCN(CCc2cccc(Br)c2)CC1. The second kappa shape index (κ2) is 7.03. The summed E-state index contributed by atoms with van der Waals surface area (Å²) in [6.07, 6.45) is 2.67. The number of hydroxylamine groups is 1. The molecule has 1 aromatic carbocycles. The van der Waals surface area contributed by atoms with Crippen LogP contribution < -0.4 is 5.48 Å². The van der Waals surface area contributed by atoms with Gasteiger partial charge in [0.2, 0.25) is 5.91 Å². The fourth-order valence-corrected chi connectivity index (χ4v) is 2.94. The standard InChI is InChI=1S/C14H19BrN2O2/c15-13-3-1-2-11(10-13)4-7-17-8-5-12(6-9-17)14(18)16-19/h1-3,10,12,19H,4-9H2,(H,16,18). The van der Waals surface area contributed by atoms with Crippen molar-refractivity contribution in [1.82, 2.24) is 10.4 Å². The Morgan fingerprint density at radius 1 is 1.42 bits per heavy atom. The topological polar surface area (TPSA) is 52.6 Å². The smallest absolute Gasteiger partial charge is 0.246 e. The molecule has 1 saturated heterocycles. The van der Waals surface area contributed by atoms with Gasteiger partial charge in [-0.25, -0.2) is 5.48 Å². The molecular formula is C14H19BrN2O2. The van der Waals surface area contributed by atoms with E-state index in [0.717, 1.165) is 43.4 Å². The number of benzene rings is 1. The number of amides is 1. The summed E-state index contributed by atoms with van der Waals surface area (Å²) >= 11 is 3.48. The van der Waals surface area contributed by atoms with Gasteiger partial charge in [0.15, 0.2) is 0 Å². The lowest BCUT2D eigenvalue weighted by molar-refractivity contribution is -0.134. The van der Waals surface area contributed by atoms with Crippen LogP contribution in [0.4, 0.5) is 0 Å². The number of hydrogen-bond acceptors (Lipinski definition) is 3. The third kappa shape index (κ3) is 4.30. The van der Waals surface area contributed by atoms with E-state index < -0.39 is 0 Å². The first-order chi connectivity index (χ1) is 9.19. The van der Waals surface area contributed by atoms with Crippen LogP contribution in [0.2, 0.25) is 0 Å². The van der Waals surface area contributed by atoms with E-state index in [-0.39, 0.29) is 11.8 Å². The fourth-order valence-electron chi connectivity index (χ4n) is 2.49. The molecule has 4 nitrogen and oxygen atoms in total. The van der Waals surface area contributed by atoms with Gasteiger partial charge in [0.25, 0.3) is 0 Å². The molecule has 0 saturated carbocycles. The van der Waals surface area contributed by atoms with Crippen molar-refractivity contribution in [3.63, 3.8) is 0 Å². The molecule has 0 unspecified atom stereocenters. The molecule has 1 aliphatic heterocycles. The highest BCUT2D eigenvalue weighted by molar-refractivity contribution is 9.10. The largest absolute Gasteiger partial charge is 0.303 e. The minimum absolute atomic E-state index is 0.0351. The van der Waals surface area contributed by atoms with Crippen molar-refractivity contribution >= 4 is 21.8 Å². The summed E-state index contributed by atoms with van der Waals surface area (Å²) in [7, 11) is 0. The van der Waals surface area contributed by atoms with Gasteiger partial charge < -0.3 is 4.90 Å². The van der Waals surface area contributed by atoms with Crippen LogP contribution in [-0.4, -0.2) is 35.6 Å². The van der Waals surface area contributed by atoms with Crippen molar-refractivity contribution in [3.8, 4) is 0 Å². The van der Waals surface area contributed by atoms with Gasteiger partial charge in [-0.1, -0.05) is 28.1 Å². The lowest BCUT2D eigenvalue weighted by atomic mass is 9.96. The average Bonchev–Trinajstić information content (AvgIpc) is 2.45. The van der Waals surface area contributed by atoms with Crippen LogP contribution >= 0.6 is 15.9 Å². The number of carbonyl (C=O) groups excluding carboxylic acids is 1. The Morgan fingerprint density at radius 2 is 2.16 bits per heavy atom. The summed E-state index contributed by atoms with van der Waals surface area (Å²) in [6, 6.07) is 8.36. The molecule has 0 spiro atoms. The number of likely N-dealkylation sites (tertiary alicyclic amines) is 1. The van der Waals surface area contributed by atoms with Gasteiger partial charge in [-0.2, -0.15) is 0 Å². The van der Waals surface area contributed by atoms with Crippen LogP contribution in [-0.2, 0) is 11.2 Å². The maximum atomic E-state index is 11.3. The highest BCUT2D eigenvalue weighted by atomic mass is 79.9. The molecule has 1 heterocycles. The Kier molecular flexibility index (Phi) is 5.36. The number of rotatable bonds is 4. The highest BCUT2D eigenvalue weighted by Gasteiger charge is 2.24. The van der Waals surface area contributed by atoms with E-state index in [1.165, 1.54) is 5.56 Å². The Labute approximate surface area is 121 Å². The summed E-state index contributed by atoms with van der Waals surface area (Å²) in [4.78, 5) is 13.7. The number of halogens is 1. The predicted molar refractivity (Wildman–Crippen MR) is 76.9 cm³/mol. The second-order valence-corrected chi connectivity index (χ2v) is 5.89. The van der Waals surface area contributed by atoms with E-state index in [0.29, 0.717) is 0 Å². The zero-order valence-electron chi connectivity index (χ0n) is 10.8. The van der Waals surface area contributed by atoms with Gasteiger partial charge in [0, 0.05) is 16.9 Å². The Hall–Kier alpha value is -0.910. The summed E-state index contributed by atoms with van der Waals surface area (Å²) in [5, 5.41) is 8.61. The Morgan fingerprint density at radius 3 is 2.79 bits per heavy atom. The van der Waals surface area contributed by atoms with Crippen LogP contribution in [0.5, 0.6) is 0 Å². The lowest BCUT2D eigenvalue weighted by Crippen LogP contribution is -2.40. The molecule has 0 atom stereocenters. The first kappa shape index (κ1) is 14.5. The van der Waals surface area contributed by atoms with Crippen LogP contribution in [0.25, 0.3) is 0 Å². The quantitative estimate of drug-likeness (QED) is 0.659. The van der Waals surface area contributed by atoms with Crippen LogP contribution in [0.3, 0.4) is 0 Å². The molecular weight excluding hydrogens is 308 g/mol. The van der Waals surface area contributed by atoms with Gasteiger partial charge in [0.1, 0.15) is 0 Å². The van der Waals surface area contributed by atoms with E-state index in [9.17, 15) is 4.79 Å². The molecule has 0 bridgehead atoms. The zero-order valence-corrected chi connectivity index (χ0v) is 12.4. The van der Waals surface area contributed by atoms with E-state index in [4.69, 9.17) is 5.21 Å². The third-order valence-electron chi connectivity index (χ3n) is 3.67. The first-order valence-corrected chi connectivity index (χ1v) is 7.39. The van der Waals surface area contributed by atoms with E-state index in [2.05, 4.69) is 39.0 Å². The van der Waals surface area contributed by atoms with Crippen molar-refractivity contribution in [2.75, 3.05) is 19.6 Å². The van der Waals surface area contributed by atoms with Gasteiger partial charge in [-0.05, 0) is 50.0 Å². The fraction of sp³-hybridized carbons (Fsp3) is 0.500. The first-order valence-electron chi connectivity index (χ1n) is 6.60. The molecule has 0 radical (unpaired) electrons. The number of nitrogens with one attached hydrogen (secondary N) is 1. The lowest BCUT2D eigenvalue weighted by Gasteiger charge is -2.30. The van der Waals surface area contributed by atoms with Crippen molar-refractivity contribution in [2.45, 2.75) is 19.3 Å². The molecule has 19 heavy (non-hydrogen) atoms. The predicted octanol–water partition coefficient (Wildman–Crippen LogP) is 2.21. The minimum atomic E-state index is -0.244. The zero-order chi connectivity index (χ0) is 13.7. The van der Waals surface area contributed by atoms with Crippen molar-refractivity contribution in [1.29, 1.82) is 0 Å². The Bertz CT molecular complexity index is 431. The molecule has 104 valence electrons. The molecule has 2 N–H and O–H groups in total. The molecule has 1 fully saturated rings. The summed E-state index contributed by atoms with van der Waals surface area (Å²) < 4.78 is 1.11. The normalized spacial score (nSPS) is 17.4. The van der Waals surface area contributed by atoms with Crippen LogP contribution in [0.1, 0.15) is 18.4 Å².